The van der Waals surface area contributed by atoms with Crippen LogP contribution in [0.5, 0.6) is 5.75 Å². The fourth-order valence-electron chi connectivity index (χ4n) is 3.65. The fraction of sp³-hybridized carbons (Fsp3) is 0.545. The molecule has 1 unspecified atom stereocenters. The van der Waals surface area contributed by atoms with Gasteiger partial charge in [-0.3, -0.25) is 9.48 Å². The predicted octanol–water partition coefficient (Wildman–Crippen LogP) is 3.23. The van der Waals surface area contributed by atoms with E-state index in [9.17, 15) is 4.79 Å². The molecule has 2 aromatic rings. The van der Waals surface area contributed by atoms with E-state index >= 15 is 0 Å². The van der Waals surface area contributed by atoms with E-state index in [1.165, 1.54) is 0 Å². The number of amides is 1. The molecular formula is C22H31ClN4O3. The number of hydrogen-bond donors (Lipinski definition) is 1. The second-order valence-electron chi connectivity index (χ2n) is 7.65. The van der Waals surface area contributed by atoms with Crippen molar-refractivity contribution in [2.45, 2.75) is 44.9 Å². The average Bonchev–Trinajstić information content (AvgIpc) is 3.28. The second kappa shape index (κ2) is 11.3. The lowest BCUT2D eigenvalue weighted by Crippen LogP contribution is -2.43. The second-order valence-corrected chi connectivity index (χ2v) is 8.06. The number of nitrogens with one attached hydrogen (secondary N) is 1. The zero-order chi connectivity index (χ0) is 21.3. The molecule has 1 aliphatic heterocycles. The van der Waals surface area contributed by atoms with Crippen molar-refractivity contribution in [1.29, 1.82) is 0 Å². The van der Waals surface area contributed by atoms with Crippen LogP contribution < -0.4 is 10.1 Å². The first-order chi connectivity index (χ1) is 14.6. The van der Waals surface area contributed by atoms with E-state index in [-0.39, 0.29) is 12.0 Å². The number of halogens is 1. The summed E-state index contributed by atoms with van der Waals surface area (Å²) >= 11 is 6.37. The quantitative estimate of drug-likeness (QED) is 0.581. The molecule has 1 atom stereocenters. The van der Waals surface area contributed by atoms with Gasteiger partial charge in [0.25, 0.3) is 5.91 Å². The molecule has 0 spiro atoms. The number of ether oxygens (including phenoxy) is 2. The lowest BCUT2D eigenvalue weighted by atomic mass is 10.0. The van der Waals surface area contributed by atoms with E-state index in [0.717, 1.165) is 38.9 Å². The number of hydrogen-bond acceptors (Lipinski definition) is 5. The van der Waals surface area contributed by atoms with Crippen molar-refractivity contribution in [2.75, 3.05) is 33.4 Å². The van der Waals surface area contributed by atoms with Crippen LogP contribution in [-0.4, -0.2) is 66.1 Å². The largest absolute Gasteiger partial charge is 0.489 e. The maximum absolute atomic E-state index is 12.1. The van der Waals surface area contributed by atoms with Gasteiger partial charge in [-0.15, -0.1) is 0 Å². The van der Waals surface area contributed by atoms with Crippen LogP contribution in [0.1, 0.15) is 36.5 Å². The number of piperidine rings is 1. The summed E-state index contributed by atoms with van der Waals surface area (Å²) in [7, 11) is 1.60. The average molecular weight is 435 g/mol. The molecule has 0 bridgehead atoms. The van der Waals surface area contributed by atoms with Crippen LogP contribution in [0.15, 0.2) is 36.7 Å². The molecule has 7 nitrogen and oxygen atoms in total. The molecule has 1 aromatic carbocycles. The highest BCUT2D eigenvalue weighted by Crippen LogP contribution is 2.29. The Morgan fingerprint density at radius 1 is 1.37 bits per heavy atom. The minimum absolute atomic E-state index is 0.137. The molecule has 0 aliphatic carbocycles. The minimum Gasteiger partial charge on any atom is -0.489 e. The predicted molar refractivity (Wildman–Crippen MR) is 117 cm³/mol. The molecule has 2 heterocycles. The summed E-state index contributed by atoms with van der Waals surface area (Å²) in [5, 5.41) is 7.52. The Kier molecular flexibility index (Phi) is 8.54. The summed E-state index contributed by atoms with van der Waals surface area (Å²) in [5.74, 6) is 0.466. The third kappa shape index (κ3) is 6.45. The molecule has 0 radical (unpaired) electrons. The van der Waals surface area contributed by atoms with Crippen LogP contribution >= 0.6 is 11.6 Å². The number of aromatic nitrogens is 2. The van der Waals surface area contributed by atoms with Gasteiger partial charge in [0.1, 0.15) is 11.9 Å². The number of benzene rings is 1. The first-order valence-corrected chi connectivity index (χ1v) is 10.9. The molecule has 1 saturated heterocycles. The number of aryl methyl sites for hydroxylation is 1. The van der Waals surface area contributed by atoms with E-state index in [1.54, 1.807) is 25.3 Å². The van der Waals surface area contributed by atoms with Crippen molar-refractivity contribution in [1.82, 2.24) is 20.0 Å². The van der Waals surface area contributed by atoms with Gasteiger partial charge in [0.2, 0.25) is 0 Å². The van der Waals surface area contributed by atoms with Crippen molar-refractivity contribution in [3.8, 4) is 5.75 Å². The van der Waals surface area contributed by atoms with Gasteiger partial charge in [-0.25, -0.2) is 0 Å². The Labute approximate surface area is 183 Å². The van der Waals surface area contributed by atoms with Crippen LogP contribution in [0.25, 0.3) is 0 Å². The standard InChI is InChI=1S/C22H31ClN4O3/c1-17(6-14-27-11-3-9-25-27)26-12-7-19(8-13-26)30-21-5-4-18(16-20(21)23)22(28)24-10-15-29-2/h3-5,9,11,16-17,19H,6-8,10,12-15H2,1-2H3,(H,24,28). The van der Waals surface area contributed by atoms with Crippen molar-refractivity contribution in [3.63, 3.8) is 0 Å². The Morgan fingerprint density at radius 2 is 2.17 bits per heavy atom. The van der Waals surface area contributed by atoms with E-state index in [4.69, 9.17) is 21.1 Å². The van der Waals surface area contributed by atoms with Gasteiger partial charge in [-0.05, 0) is 50.5 Å². The van der Waals surface area contributed by atoms with E-state index in [1.807, 2.05) is 23.1 Å². The van der Waals surface area contributed by atoms with Gasteiger partial charge in [0.05, 0.1) is 11.6 Å². The summed E-state index contributed by atoms with van der Waals surface area (Å²) < 4.78 is 13.1. The minimum atomic E-state index is -0.169. The van der Waals surface area contributed by atoms with Crippen LogP contribution in [0.4, 0.5) is 0 Å². The summed E-state index contributed by atoms with van der Waals surface area (Å²) in [6.45, 7) is 6.15. The van der Waals surface area contributed by atoms with Crippen molar-refractivity contribution < 1.29 is 14.3 Å². The van der Waals surface area contributed by atoms with Gasteiger partial charge in [-0.1, -0.05) is 11.6 Å². The molecule has 1 fully saturated rings. The molecule has 1 aliphatic rings. The molecule has 30 heavy (non-hydrogen) atoms. The maximum Gasteiger partial charge on any atom is 0.251 e. The highest BCUT2D eigenvalue weighted by Gasteiger charge is 2.24. The van der Waals surface area contributed by atoms with Crippen LogP contribution in [0.2, 0.25) is 5.02 Å². The van der Waals surface area contributed by atoms with Crippen LogP contribution in [0, 0.1) is 0 Å². The third-order valence-corrected chi connectivity index (χ3v) is 5.81. The van der Waals surface area contributed by atoms with E-state index in [2.05, 4.69) is 22.2 Å². The highest BCUT2D eigenvalue weighted by atomic mass is 35.5. The number of rotatable bonds is 10. The lowest BCUT2D eigenvalue weighted by Gasteiger charge is -2.36. The monoisotopic (exact) mass is 434 g/mol. The van der Waals surface area contributed by atoms with Crippen molar-refractivity contribution in [2.24, 2.45) is 0 Å². The highest BCUT2D eigenvalue weighted by molar-refractivity contribution is 6.32. The molecule has 1 amide bonds. The number of carbonyl (C=O) groups excluding carboxylic acids is 1. The Bertz CT molecular complexity index is 792. The topological polar surface area (TPSA) is 68.6 Å². The van der Waals surface area contributed by atoms with Gasteiger partial charge in [0, 0.05) is 57.3 Å². The fourth-order valence-corrected chi connectivity index (χ4v) is 3.88. The van der Waals surface area contributed by atoms with Crippen LogP contribution in [-0.2, 0) is 11.3 Å². The smallest absolute Gasteiger partial charge is 0.251 e. The summed E-state index contributed by atoms with van der Waals surface area (Å²) in [6, 6.07) is 7.65. The Hall–Kier alpha value is -2.09. The van der Waals surface area contributed by atoms with E-state index in [0.29, 0.717) is 35.5 Å². The van der Waals surface area contributed by atoms with Crippen molar-refractivity contribution in [3.05, 3.63) is 47.2 Å². The summed E-state index contributed by atoms with van der Waals surface area (Å²) in [5.41, 5.74) is 0.518. The van der Waals surface area contributed by atoms with Crippen molar-refractivity contribution >= 4 is 17.5 Å². The Balaban J connectivity index is 1.44. The molecule has 3 rings (SSSR count). The van der Waals surface area contributed by atoms with Gasteiger partial charge >= 0.3 is 0 Å². The molecular weight excluding hydrogens is 404 g/mol. The van der Waals surface area contributed by atoms with Gasteiger partial charge in [-0.2, -0.15) is 5.10 Å². The first kappa shape index (κ1) is 22.6. The summed E-state index contributed by atoms with van der Waals surface area (Å²) in [4.78, 5) is 14.6. The molecule has 1 N–H and O–H groups in total. The normalized spacial score (nSPS) is 16.4. The maximum atomic E-state index is 12.1. The third-order valence-electron chi connectivity index (χ3n) is 5.51. The molecule has 8 heteroatoms. The zero-order valence-corrected chi connectivity index (χ0v) is 18.5. The number of likely N-dealkylation sites (tertiary alicyclic amines) is 1. The SMILES string of the molecule is COCCNC(=O)c1ccc(OC2CCN(C(C)CCn3cccn3)CC2)c(Cl)c1. The van der Waals surface area contributed by atoms with Crippen LogP contribution in [0.3, 0.4) is 0 Å². The number of nitrogens with zero attached hydrogens (tertiary/aromatic N) is 3. The Morgan fingerprint density at radius 3 is 2.83 bits per heavy atom. The first-order valence-electron chi connectivity index (χ1n) is 10.5. The van der Waals surface area contributed by atoms with E-state index < -0.39 is 0 Å². The zero-order valence-electron chi connectivity index (χ0n) is 17.7. The molecule has 0 saturated carbocycles. The number of methoxy groups -OCH3 is 1. The van der Waals surface area contributed by atoms with Gasteiger partial charge < -0.3 is 19.7 Å². The lowest BCUT2D eigenvalue weighted by molar-refractivity contribution is 0.0760. The molecule has 164 valence electrons. The van der Waals surface area contributed by atoms with Gasteiger partial charge in [0.15, 0.2) is 0 Å². The number of carbonyl (C=O) groups is 1. The molecule has 1 aromatic heterocycles. The summed E-state index contributed by atoms with van der Waals surface area (Å²) in [6.07, 6.45) is 6.96.